The SMILES string of the molecule is CC(CO)Nc1cc(C(F)(F)F)cc(NN)n1. The van der Waals surface area contributed by atoms with Crippen LogP contribution in [0.4, 0.5) is 24.8 Å². The van der Waals surface area contributed by atoms with Crippen LogP contribution in [0.1, 0.15) is 12.5 Å². The Kier molecular flexibility index (Phi) is 4.13. The van der Waals surface area contributed by atoms with E-state index in [9.17, 15) is 13.2 Å². The monoisotopic (exact) mass is 250 g/mol. The zero-order chi connectivity index (χ0) is 13.1. The maximum Gasteiger partial charge on any atom is 0.416 e. The van der Waals surface area contributed by atoms with Crippen molar-refractivity contribution in [3.63, 3.8) is 0 Å². The van der Waals surface area contributed by atoms with Crippen molar-refractivity contribution in [3.8, 4) is 0 Å². The lowest BCUT2D eigenvalue weighted by Gasteiger charge is -2.15. The number of aliphatic hydroxyl groups excluding tert-OH is 1. The van der Waals surface area contributed by atoms with Gasteiger partial charge in [0.05, 0.1) is 12.2 Å². The highest BCUT2D eigenvalue weighted by Gasteiger charge is 2.31. The van der Waals surface area contributed by atoms with E-state index < -0.39 is 17.8 Å². The number of nitrogens with zero attached hydrogens (tertiary/aromatic N) is 1. The molecule has 5 N–H and O–H groups in total. The van der Waals surface area contributed by atoms with Crippen molar-refractivity contribution < 1.29 is 18.3 Å². The van der Waals surface area contributed by atoms with Crippen molar-refractivity contribution in [1.29, 1.82) is 0 Å². The van der Waals surface area contributed by atoms with Gasteiger partial charge in [-0.2, -0.15) is 13.2 Å². The van der Waals surface area contributed by atoms with Crippen molar-refractivity contribution in [2.24, 2.45) is 5.84 Å². The summed E-state index contributed by atoms with van der Waals surface area (Å²) in [6.07, 6.45) is -4.48. The molecule has 0 fully saturated rings. The Morgan fingerprint density at radius 3 is 2.47 bits per heavy atom. The summed E-state index contributed by atoms with van der Waals surface area (Å²) in [5, 5.41) is 11.4. The molecule has 1 aromatic rings. The van der Waals surface area contributed by atoms with Crippen LogP contribution in [0.3, 0.4) is 0 Å². The molecule has 0 aliphatic rings. The number of rotatable bonds is 4. The van der Waals surface area contributed by atoms with E-state index in [4.69, 9.17) is 10.9 Å². The molecule has 0 spiro atoms. The van der Waals surface area contributed by atoms with Crippen LogP contribution in [0.15, 0.2) is 12.1 Å². The Bertz CT molecular complexity index is 383. The topological polar surface area (TPSA) is 83.2 Å². The van der Waals surface area contributed by atoms with E-state index in [0.717, 1.165) is 12.1 Å². The van der Waals surface area contributed by atoms with E-state index in [1.54, 1.807) is 6.92 Å². The predicted molar refractivity (Wildman–Crippen MR) is 57.2 cm³/mol. The van der Waals surface area contributed by atoms with E-state index in [0.29, 0.717) is 0 Å². The molecule has 0 aromatic carbocycles. The van der Waals surface area contributed by atoms with Gasteiger partial charge in [-0.05, 0) is 19.1 Å². The molecule has 0 aliphatic heterocycles. The molecular weight excluding hydrogens is 237 g/mol. The molecule has 0 aliphatic carbocycles. The number of nitrogen functional groups attached to an aromatic ring is 1. The summed E-state index contributed by atoms with van der Waals surface area (Å²) in [5.74, 6) is 4.93. The first kappa shape index (κ1) is 13.5. The number of nitrogens with two attached hydrogens (primary N) is 1. The van der Waals surface area contributed by atoms with Gasteiger partial charge in [-0.1, -0.05) is 0 Å². The van der Waals surface area contributed by atoms with Crippen LogP contribution >= 0.6 is 0 Å². The number of pyridine rings is 1. The molecule has 0 saturated heterocycles. The molecule has 1 unspecified atom stereocenters. The minimum atomic E-state index is -4.48. The van der Waals surface area contributed by atoms with E-state index in [1.807, 2.05) is 0 Å². The first-order valence-corrected chi connectivity index (χ1v) is 4.80. The quantitative estimate of drug-likeness (QED) is 0.476. The summed E-state index contributed by atoms with van der Waals surface area (Å²) in [4.78, 5) is 3.80. The minimum Gasteiger partial charge on any atom is -0.394 e. The second kappa shape index (κ2) is 5.19. The van der Waals surface area contributed by atoms with Crippen LogP contribution in [0, 0.1) is 0 Å². The summed E-state index contributed by atoms with van der Waals surface area (Å²) < 4.78 is 37.6. The number of nitrogens with one attached hydrogen (secondary N) is 2. The molecule has 1 rings (SSSR count). The minimum absolute atomic E-state index is 0.00525. The van der Waals surface area contributed by atoms with Crippen molar-refractivity contribution >= 4 is 11.6 Å². The molecule has 0 amide bonds. The number of aliphatic hydroxyl groups is 1. The van der Waals surface area contributed by atoms with Crippen LogP contribution in [0.5, 0.6) is 0 Å². The second-order valence-corrected chi connectivity index (χ2v) is 3.50. The fourth-order valence-corrected chi connectivity index (χ4v) is 1.14. The lowest BCUT2D eigenvalue weighted by atomic mass is 10.2. The number of hydrogen-bond donors (Lipinski definition) is 4. The maximum atomic E-state index is 12.5. The molecule has 1 heterocycles. The zero-order valence-corrected chi connectivity index (χ0v) is 9.04. The Hall–Kier alpha value is -1.54. The average Bonchev–Trinajstić information content (AvgIpc) is 2.27. The number of alkyl halides is 3. The van der Waals surface area contributed by atoms with Crippen LogP contribution in [0.2, 0.25) is 0 Å². The highest BCUT2D eigenvalue weighted by molar-refractivity contribution is 5.49. The van der Waals surface area contributed by atoms with E-state index in [1.165, 1.54) is 0 Å². The van der Waals surface area contributed by atoms with Gasteiger partial charge in [0, 0.05) is 6.04 Å². The van der Waals surface area contributed by atoms with Gasteiger partial charge in [-0.3, -0.25) is 0 Å². The van der Waals surface area contributed by atoms with Gasteiger partial charge in [-0.25, -0.2) is 10.8 Å². The molecule has 5 nitrogen and oxygen atoms in total. The summed E-state index contributed by atoms with van der Waals surface area (Å²) in [7, 11) is 0. The van der Waals surface area contributed by atoms with Crippen molar-refractivity contribution in [2.75, 3.05) is 17.3 Å². The summed E-state index contributed by atoms with van der Waals surface area (Å²) in [6, 6.07) is 1.25. The molecule has 96 valence electrons. The Labute approximate surface area is 95.8 Å². The molecule has 8 heteroatoms. The predicted octanol–water partition coefficient (Wildman–Crippen LogP) is 1.18. The number of halogens is 3. The third kappa shape index (κ3) is 3.75. The van der Waals surface area contributed by atoms with E-state index in [2.05, 4.69) is 15.7 Å². The Morgan fingerprint density at radius 2 is 2.00 bits per heavy atom. The maximum absolute atomic E-state index is 12.5. The molecule has 1 atom stereocenters. The summed E-state index contributed by atoms with van der Waals surface area (Å²) in [5.41, 5.74) is 1.19. The van der Waals surface area contributed by atoms with Crippen LogP contribution < -0.4 is 16.6 Å². The largest absolute Gasteiger partial charge is 0.416 e. The Balaban J connectivity index is 3.05. The third-order valence-electron chi connectivity index (χ3n) is 1.97. The first-order chi connectivity index (χ1) is 7.86. The molecule has 1 aromatic heterocycles. The van der Waals surface area contributed by atoms with Gasteiger partial charge in [0.25, 0.3) is 0 Å². The van der Waals surface area contributed by atoms with Gasteiger partial charge in [-0.15, -0.1) is 0 Å². The molecule has 0 bridgehead atoms. The number of hydrazine groups is 1. The smallest absolute Gasteiger partial charge is 0.394 e. The van der Waals surface area contributed by atoms with Crippen molar-refractivity contribution in [2.45, 2.75) is 19.1 Å². The fraction of sp³-hybridized carbons (Fsp3) is 0.444. The van der Waals surface area contributed by atoms with Gasteiger partial charge in [0.2, 0.25) is 0 Å². The number of anilines is 2. The van der Waals surface area contributed by atoms with Gasteiger partial charge in [0.1, 0.15) is 11.6 Å². The number of aromatic nitrogens is 1. The van der Waals surface area contributed by atoms with Crippen LogP contribution in [0.25, 0.3) is 0 Å². The van der Waals surface area contributed by atoms with E-state index in [-0.39, 0.29) is 18.2 Å². The van der Waals surface area contributed by atoms with Crippen LogP contribution in [-0.4, -0.2) is 22.7 Å². The fourth-order valence-electron chi connectivity index (χ4n) is 1.14. The summed E-state index contributed by atoms with van der Waals surface area (Å²) in [6.45, 7) is 1.39. The Morgan fingerprint density at radius 1 is 1.41 bits per heavy atom. The molecular formula is C9H13F3N4O. The lowest BCUT2D eigenvalue weighted by molar-refractivity contribution is -0.137. The molecule has 0 radical (unpaired) electrons. The molecule has 17 heavy (non-hydrogen) atoms. The van der Waals surface area contributed by atoms with Crippen molar-refractivity contribution in [3.05, 3.63) is 17.7 Å². The number of hydrogen-bond acceptors (Lipinski definition) is 5. The highest BCUT2D eigenvalue weighted by Crippen LogP contribution is 2.31. The molecule has 0 saturated carbocycles. The lowest BCUT2D eigenvalue weighted by Crippen LogP contribution is -2.21. The van der Waals surface area contributed by atoms with Gasteiger partial charge in [0.15, 0.2) is 0 Å². The second-order valence-electron chi connectivity index (χ2n) is 3.50. The standard InChI is InChI=1S/C9H13F3N4O/c1-5(4-17)14-7-2-6(9(10,11)12)3-8(15-7)16-13/h2-3,5,17H,4,13H2,1H3,(H2,14,15,16). The normalized spacial score (nSPS) is 13.3. The van der Waals surface area contributed by atoms with Crippen LogP contribution in [-0.2, 0) is 6.18 Å². The third-order valence-corrected chi connectivity index (χ3v) is 1.97. The van der Waals surface area contributed by atoms with Gasteiger partial charge >= 0.3 is 6.18 Å². The first-order valence-electron chi connectivity index (χ1n) is 4.80. The highest BCUT2D eigenvalue weighted by atomic mass is 19.4. The summed E-state index contributed by atoms with van der Waals surface area (Å²) >= 11 is 0. The van der Waals surface area contributed by atoms with Gasteiger partial charge < -0.3 is 15.8 Å². The average molecular weight is 250 g/mol. The van der Waals surface area contributed by atoms with E-state index >= 15 is 0 Å². The zero-order valence-electron chi connectivity index (χ0n) is 9.04. The van der Waals surface area contributed by atoms with Crippen molar-refractivity contribution in [1.82, 2.24) is 4.98 Å².